The largest absolute Gasteiger partial charge is 0.389 e. The van der Waals surface area contributed by atoms with Crippen molar-refractivity contribution in [2.24, 2.45) is 10.7 Å². The van der Waals surface area contributed by atoms with Crippen LogP contribution in [0.1, 0.15) is 80.0 Å². The summed E-state index contributed by atoms with van der Waals surface area (Å²) in [5, 5.41) is 13.8. The molecule has 6 rings (SSSR count). The molecule has 1 saturated carbocycles. The molecule has 2 aromatic rings. The molecule has 5 N–H and O–H groups in total. The van der Waals surface area contributed by atoms with E-state index in [1.54, 1.807) is 0 Å². The highest BCUT2D eigenvalue weighted by atomic mass is 32.1. The summed E-state index contributed by atoms with van der Waals surface area (Å²) in [6.45, 7) is 11.5. The van der Waals surface area contributed by atoms with E-state index in [9.17, 15) is 10.1 Å². The number of thiophene rings is 1. The quantitative estimate of drug-likeness (QED) is 0.354. The van der Waals surface area contributed by atoms with Gasteiger partial charge < -0.3 is 26.6 Å². The number of hydrogen-bond donors (Lipinski definition) is 3. The highest BCUT2D eigenvalue weighted by Gasteiger charge is 2.45. The van der Waals surface area contributed by atoms with Gasteiger partial charge in [-0.05, 0) is 44.6 Å². The monoisotopic (exact) mass is 589 g/mol. The van der Waals surface area contributed by atoms with Crippen LogP contribution in [0.15, 0.2) is 17.1 Å². The SMILES string of the molecule is CC1CCC(C)(C(=O)N=C(N)c2cc(N3CCNCC3)cc(N3CCN(C4CCCC4)CC3)n2)c2c1sc(N)c2C#N. The summed E-state index contributed by atoms with van der Waals surface area (Å²) in [6, 6.07) is 7.11. The van der Waals surface area contributed by atoms with Crippen LogP contribution in [0.3, 0.4) is 0 Å². The van der Waals surface area contributed by atoms with Crippen LogP contribution < -0.4 is 26.6 Å². The van der Waals surface area contributed by atoms with Gasteiger partial charge in [-0.2, -0.15) is 10.3 Å². The zero-order valence-electron chi connectivity index (χ0n) is 24.9. The van der Waals surface area contributed by atoms with Crippen molar-refractivity contribution in [3.05, 3.63) is 33.8 Å². The van der Waals surface area contributed by atoms with Crippen molar-refractivity contribution >= 4 is 39.6 Å². The lowest BCUT2D eigenvalue weighted by Crippen LogP contribution is -2.50. The number of carbonyl (C=O) groups excluding carboxylic acids is 1. The highest BCUT2D eigenvalue weighted by molar-refractivity contribution is 7.16. The number of nitrogen functional groups attached to an aromatic ring is 1. The highest BCUT2D eigenvalue weighted by Crippen LogP contribution is 2.50. The lowest BCUT2D eigenvalue weighted by Gasteiger charge is -2.39. The van der Waals surface area contributed by atoms with E-state index in [4.69, 9.17) is 16.5 Å². The summed E-state index contributed by atoms with van der Waals surface area (Å²) >= 11 is 1.42. The number of fused-ring (bicyclic) bond motifs is 1. The van der Waals surface area contributed by atoms with Crippen molar-refractivity contribution in [2.75, 3.05) is 67.9 Å². The predicted molar refractivity (Wildman–Crippen MR) is 170 cm³/mol. The number of nitrogens with one attached hydrogen (secondary N) is 1. The molecular formula is C31H43N9OS. The molecule has 2 aliphatic heterocycles. The van der Waals surface area contributed by atoms with Gasteiger partial charge in [-0.25, -0.2) is 4.98 Å². The van der Waals surface area contributed by atoms with E-state index < -0.39 is 5.41 Å². The number of piperazine rings is 2. The van der Waals surface area contributed by atoms with Gasteiger partial charge in [0.25, 0.3) is 5.91 Å². The minimum absolute atomic E-state index is 0.117. The lowest BCUT2D eigenvalue weighted by molar-refractivity contribution is -0.123. The Morgan fingerprint density at radius 1 is 1.12 bits per heavy atom. The van der Waals surface area contributed by atoms with Crippen LogP contribution in [0.2, 0.25) is 0 Å². The predicted octanol–water partition coefficient (Wildman–Crippen LogP) is 3.16. The third kappa shape index (κ3) is 5.36. The van der Waals surface area contributed by atoms with Gasteiger partial charge in [-0.15, -0.1) is 11.3 Å². The maximum absolute atomic E-state index is 13.9. The van der Waals surface area contributed by atoms with Crippen LogP contribution in [-0.2, 0) is 10.2 Å². The molecule has 0 spiro atoms. The first-order valence-electron chi connectivity index (χ1n) is 15.5. The fourth-order valence-corrected chi connectivity index (χ4v) is 8.46. The van der Waals surface area contributed by atoms with Crippen molar-refractivity contribution in [3.63, 3.8) is 0 Å². The van der Waals surface area contributed by atoms with E-state index in [2.05, 4.69) is 44.1 Å². The molecule has 10 nitrogen and oxygen atoms in total. The molecule has 4 heterocycles. The third-order valence-electron chi connectivity index (χ3n) is 9.87. The summed E-state index contributed by atoms with van der Waals surface area (Å²) < 4.78 is 0. The van der Waals surface area contributed by atoms with E-state index in [1.807, 2.05) is 13.0 Å². The van der Waals surface area contributed by atoms with Gasteiger partial charge in [0.1, 0.15) is 22.6 Å². The summed E-state index contributed by atoms with van der Waals surface area (Å²) in [7, 11) is 0. The Morgan fingerprint density at radius 3 is 2.52 bits per heavy atom. The van der Waals surface area contributed by atoms with E-state index in [0.717, 1.165) is 86.8 Å². The number of hydrogen-bond acceptors (Lipinski definition) is 9. The number of amidine groups is 1. The van der Waals surface area contributed by atoms with Crippen LogP contribution in [0, 0.1) is 11.3 Å². The van der Waals surface area contributed by atoms with Crippen LogP contribution in [0.4, 0.5) is 16.5 Å². The van der Waals surface area contributed by atoms with Crippen LogP contribution in [0.25, 0.3) is 0 Å². The number of nitriles is 1. The maximum atomic E-state index is 13.9. The summed E-state index contributed by atoms with van der Waals surface area (Å²) in [4.78, 5) is 31.7. The maximum Gasteiger partial charge on any atom is 0.258 e. The first-order valence-corrected chi connectivity index (χ1v) is 16.3. The number of amides is 1. The minimum atomic E-state index is -0.957. The average Bonchev–Trinajstić information content (AvgIpc) is 3.68. The molecule has 0 radical (unpaired) electrons. The summed E-state index contributed by atoms with van der Waals surface area (Å²) in [5.74, 6) is 0.898. The first-order chi connectivity index (χ1) is 20.3. The molecule has 11 heteroatoms. The Bertz CT molecular complexity index is 1390. The Morgan fingerprint density at radius 2 is 1.83 bits per heavy atom. The molecule has 2 saturated heterocycles. The normalized spacial score (nSPS) is 25.8. The zero-order chi connectivity index (χ0) is 29.4. The lowest BCUT2D eigenvalue weighted by atomic mass is 9.69. The molecule has 2 unspecified atom stereocenters. The molecule has 42 heavy (non-hydrogen) atoms. The number of nitrogens with zero attached hydrogens (tertiary/aromatic N) is 6. The van der Waals surface area contributed by atoms with Gasteiger partial charge in [0.2, 0.25) is 0 Å². The number of carbonyl (C=O) groups is 1. The van der Waals surface area contributed by atoms with Crippen molar-refractivity contribution in [1.29, 1.82) is 5.26 Å². The Kier molecular flexibility index (Phi) is 8.13. The number of pyridine rings is 1. The third-order valence-corrected chi connectivity index (χ3v) is 11.1. The van der Waals surface area contributed by atoms with Crippen LogP contribution in [-0.4, -0.2) is 80.0 Å². The summed E-state index contributed by atoms with van der Waals surface area (Å²) in [5.41, 5.74) is 14.6. The molecule has 2 aliphatic carbocycles. The number of nitrogens with two attached hydrogens (primary N) is 2. The molecule has 0 bridgehead atoms. The Hall–Kier alpha value is -3.20. The standard InChI is InChI=1S/C31H43N9OS/c1-20-7-8-31(2,26-23(19-32)29(34)42-27(20)26)30(41)37-28(33)24-17-22(38-11-9-35-10-12-38)18-25(36-24)40-15-13-39(14-16-40)21-5-3-4-6-21/h17-18,20-21,35H,3-16,34H2,1-2H3,(H2,33,37,41). The van der Waals surface area contributed by atoms with E-state index >= 15 is 0 Å². The Balaban J connectivity index is 1.30. The molecule has 224 valence electrons. The van der Waals surface area contributed by atoms with E-state index in [0.29, 0.717) is 22.7 Å². The first kappa shape index (κ1) is 28.9. The molecule has 2 atom stereocenters. The fraction of sp³-hybridized carbons (Fsp3) is 0.613. The molecule has 4 aliphatic rings. The summed E-state index contributed by atoms with van der Waals surface area (Å²) in [6.07, 6.45) is 6.73. The van der Waals surface area contributed by atoms with Gasteiger partial charge in [-0.3, -0.25) is 9.69 Å². The number of rotatable bonds is 5. The molecular weight excluding hydrogens is 546 g/mol. The van der Waals surface area contributed by atoms with Gasteiger partial charge in [-0.1, -0.05) is 19.8 Å². The van der Waals surface area contributed by atoms with Gasteiger partial charge in [0.15, 0.2) is 5.84 Å². The zero-order valence-corrected chi connectivity index (χ0v) is 25.7. The number of aromatic nitrogens is 1. The molecule has 1 amide bonds. The fourth-order valence-electron chi connectivity index (χ4n) is 7.22. The second-order valence-corrected chi connectivity index (χ2v) is 13.6. The second-order valence-electron chi connectivity index (χ2n) is 12.5. The molecule has 0 aromatic carbocycles. The van der Waals surface area contributed by atoms with E-state index in [1.165, 1.54) is 37.0 Å². The van der Waals surface area contributed by atoms with E-state index in [-0.39, 0.29) is 17.7 Å². The van der Waals surface area contributed by atoms with Crippen molar-refractivity contribution < 1.29 is 4.79 Å². The Labute approximate surface area is 252 Å². The minimum Gasteiger partial charge on any atom is -0.389 e. The molecule has 2 aromatic heterocycles. The van der Waals surface area contributed by atoms with Crippen molar-refractivity contribution in [2.45, 2.75) is 69.7 Å². The second kappa shape index (κ2) is 11.8. The number of anilines is 3. The van der Waals surface area contributed by atoms with Crippen molar-refractivity contribution in [1.82, 2.24) is 15.2 Å². The molecule has 3 fully saturated rings. The topological polar surface area (TPSA) is 140 Å². The average molecular weight is 590 g/mol. The van der Waals surface area contributed by atoms with Gasteiger partial charge in [0.05, 0.1) is 11.0 Å². The number of aliphatic imine (C=N–C) groups is 1. The van der Waals surface area contributed by atoms with Gasteiger partial charge >= 0.3 is 0 Å². The van der Waals surface area contributed by atoms with Crippen LogP contribution >= 0.6 is 11.3 Å². The smallest absolute Gasteiger partial charge is 0.258 e. The van der Waals surface area contributed by atoms with Crippen LogP contribution in [0.5, 0.6) is 0 Å². The van der Waals surface area contributed by atoms with Crippen molar-refractivity contribution in [3.8, 4) is 6.07 Å². The van der Waals surface area contributed by atoms with Gasteiger partial charge in [0, 0.05) is 80.6 Å².